The standard InChI is InChI=1S/C19H22N4O3/c1-26-17-7-3-2-6-15(17)23-12-13(8-9-18(23)24)19(25)22-10-4-5-14-16(22)11-20-21-14/h2-3,6-7,11,13H,4-5,8-10,12H2,1H3,(H,20,21). The van der Waals surface area contributed by atoms with Crippen LogP contribution in [0.5, 0.6) is 5.75 Å². The summed E-state index contributed by atoms with van der Waals surface area (Å²) in [4.78, 5) is 29.2. The SMILES string of the molecule is COc1ccccc1N1CC(C(=O)N2CCCc3[nH]ncc32)CCC1=O. The Morgan fingerprint density at radius 2 is 2.12 bits per heavy atom. The van der Waals surface area contributed by atoms with Crippen molar-refractivity contribution in [3.05, 3.63) is 36.2 Å². The zero-order valence-corrected chi connectivity index (χ0v) is 14.8. The van der Waals surface area contributed by atoms with Crippen LogP contribution in [0.1, 0.15) is 25.0 Å². The normalized spacial score (nSPS) is 20.0. The second kappa shape index (κ2) is 6.82. The molecule has 1 aromatic heterocycles. The molecule has 2 aromatic rings. The van der Waals surface area contributed by atoms with Crippen LogP contribution in [0, 0.1) is 5.92 Å². The number of ether oxygens (including phenoxy) is 1. The number of H-pyrrole nitrogens is 1. The molecular formula is C19H22N4O3. The Labute approximate surface area is 151 Å². The fourth-order valence-electron chi connectivity index (χ4n) is 3.84. The first-order valence-electron chi connectivity index (χ1n) is 8.96. The number of carbonyl (C=O) groups is 2. The van der Waals surface area contributed by atoms with E-state index < -0.39 is 0 Å². The van der Waals surface area contributed by atoms with Crippen molar-refractivity contribution in [2.45, 2.75) is 25.7 Å². The van der Waals surface area contributed by atoms with E-state index in [0.29, 0.717) is 31.7 Å². The smallest absolute Gasteiger partial charge is 0.232 e. The third kappa shape index (κ3) is 2.83. The highest BCUT2D eigenvalue weighted by atomic mass is 16.5. The number of amides is 2. The lowest BCUT2D eigenvalue weighted by atomic mass is 9.94. The van der Waals surface area contributed by atoms with Crippen molar-refractivity contribution in [1.82, 2.24) is 10.2 Å². The van der Waals surface area contributed by atoms with Gasteiger partial charge in [0.2, 0.25) is 11.8 Å². The quantitative estimate of drug-likeness (QED) is 0.916. The van der Waals surface area contributed by atoms with Crippen molar-refractivity contribution in [3.63, 3.8) is 0 Å². The number of carbonyl (C=O) groups excluding carboxylic acids is 2. The van der Waals surface area contributed by atoms with E-state index in [4.69, 9.17) is 4.74 Å². The van der Waals surface area contributed by atoms with Gasteiger partial charge in [0.05, 0.1) is 36.3 Å². The van der Waals surface area contributed by atoms with Crippen LogP contribution >= 0.6 is 0 Å². The number of para-hydroxylation sites is 2. The highest BCUT2D eigenvalue weighted by molar-refractivity contribution is 6.01. The number of methoxy groups -OCH3 is 1. The number of fused-ring (bicyclic) bond motifs is 1. The summed E-state index contributed by atoms with van der Waals surface area (Å²) < 4.78 is 5.39. The van der Waals surface area contributed by atoms with Crippen molar-refractivity contribution in [3.8, 4) is 5.75 Å². The van der Waals surface area contributed by atoms with Gasteiger partial charge in [0.1, 0.15) is 5.75 Å². The van der Waals surface area contributed by atoms with Gasteiger partial charge in [-0.3, -0.25) is 14.7 Å². The van der Waals surface area contributed by atoms with E-state index in [0.717, 1.165) is 29.9 Å². The third-order valence-corrected chi connectivity index (χ3v) is 5.20. The van der Waals surface area contributed by atoms with Crippen LogP contribution in [-0.2, 0) is 16.0 Å². The second-order valence-electron chi connectivity index (χ2n) is 6.74. The molecule has 7 nitrogen and oxygen atoms in total. The predicted molar refractivity (Wildman–Crippen MR) is 97.3 cm³/mol. The minimum Gasteiger partial charge on any atom is -0.495 e. The summed E-state index contributed by atoms with van der Waals surface area (Å²) in [5, 5.41) is 7.06. The number of anilines is 2. The molecule has 1 saturated heterocycles. The van der Waals surface area contributed by atoms with Crippen molar-refractivity contribution in [1.29, 1.82) is 0 Å². The van der Waals surface area contributed by atoms with E-state index in [2.05, 4.69) is 10.2 Å². The van der Waals surface area contributed by atoms with E-state index in [-0.39, 0.29) is 17.7 Å². The van der Waals surface area contributed by atoms with Gasteiger partial charge in [-0.1, -0.05) is 12.1 Å². The van der Waals surface area contributed by atoms with Crippen LogP contribution in [0.2, 0.25) is 0 Å². The van der Waals surface area contributed by atoms with Crippen LogP contribution in [0.3, 0.4) is 0 Å². The summed E-state index contributed by atoms with van der Waals surface area (Å²) in [6, 6.07) is 7.43. The van der Waals surface area contributed by atoms with Crippen molar-refractivity contribution in [2.24, 2.45) is 5.92 Å². The van der Waals surface area contributed by atoms with Gasteiger partial charge in [0, 0.05) is 19.5 Å². The van der Waals surface area contributed by atoms with Crippen LogP contribution in [0.15, 0.2) is 30.5 Å². The number of nitrogens with one attached hydrogen (secondary N) is 1. The molecule has 136 valence electrons. The lowest BCUT2D eigenvalue weighted by Gasteiger charge is -2.36. The number of hydrogen-bond donors (Lipinski definition) is 1. The lowest BCUT2D eigenvalue weighted by Crippen LogP contribution is -2.48. The number of hydrogen-bond acceptors (Lipinski definition) is 4. The first-order valence-corrected chi connectivity index (χ1v) is 8.96. The summed E-state index contributed by atoms with van der Waals surface area (Å²) in [6.07, 6.45) is 4.49. The molecule has 7 heteroatoms. The first kappa shape index (κ1) is 16.6. The molecule has 1 aromatic carbocycles. The number of benzene rings is 1. The van der Waals surface area contributed by atoms with Gasteiger partial charge in [-0.05, 0) is 31.4 Å². The van der Waals surface area contributed by atoms with Gasteiger partial charge >= 0.3 is 0 Å². The van der Waals surface area contributed by atoms with E-state index in [1.807, 2.05) is 29.2 Å². The van der Waals surface area contributed by atoms with Gasteiger partial charge in [-0.15, -0.1) is 0 Å². The van der Waals surface area contributed by atoms with Crippen LogP contribution in [-0.4, -0.2) is 42.2 Å². The minimum absolute atomic E-state index is 0.0289. The zero-order valence-electron chi connectivity index (χ0n) is 14.8. The Balaban J connectivity index is 1.57. The highest BCUT2D eigenvalue weighted by Crippen LogP contribution is 2.34. The zero-order chi connectivity index (χ0) is 18.1. The summed E-state index contributed by atoms with van der Waals surface area (Å²) in [7, 11) is 1.59. The number of rotatable bonds is 3. The predicted octanol–water partition coefficient (Wildman–Crippen LogP) is 2.14. The molecule has 2 amide bonds. The van der Waals surface area contributed by atoms with E-state index in [9.17, 15) is 9.59 Å². The number of piperidine rings is 1. The van der Waals surface area contributed by atoms with E-state index in [1.54, 1.807) is 18.2 Å². The average molecular weight is 354 g/mol. The van der Waals surface area contributed by atoms with Crippen molar-refractivity contribution >= 4 is 23.2 Å². The molecule has 1 atom stereocenters. The third-order valence-electron chi connectivity index (χ3n) is 5.20. The molecule has 0 saturated carbocycles. The van der Waals surface area contributed by atoms with Crippen LogP contribution in [0.4, 0.5) is 11.4 Å². The van der Waals surface area contributed by atoms with Crippen molar-refractivity contribution in [2.75, 3.05) is 30.0 Å². The lowest BCUT2D eigenvalue weighted by molar-refractivity contribution is -0.125. The molecule has 1 unspecified atom stereocenters. The summed E-state index contributed by atoms with van der Waals surface area (Å²) in [5.41, 5.74) is 2.61. The first-order chi connectivity index (χ1) is 12.7. The van der Waals surface area contributed by atoms with Gasteiger partial charge < -0.3 is 14.5 Å². The Morgan fingerprint density at radius 1 is 1.27 bits per heavy atom. The Hall–Kier alpha value is -2.83. The molecule has 0 bridgehead atoms. The largest absolute Gasteiger partial charge is 0.495 e. The van der Waals surface area contributed by atoms with E-state index in [1.165, 1.54) is 0 Å². The number of nitrogens with zero attached hydrogens (tertiary/aromatic N) is 3. The minimum atomic E-state index is -0.224. The van der Waals surface area contributed by atoms with Crippen LogP contribution < -0.4 is 14.5 Å². The Morgan fingerprint density at radius 3 is 2.96 bits per heavy atom. The van der Waals surface area contributed by atoms with Crippen molar-refractivity contribution < 1.29 is 14.3 Å². The molecule has 26 heavy (non-hydrogen) atoms. The maximum Gasteiger partial charge on any atom is 0.232 e. The van der Waals surface area contributed by atoms with E-state index >= 15 is 0 Å². The Kier molecular flexibility index (Phi) is 4.36. The van der Waals surface area contributed by atoms with Crippen LogP contribution in [0.25, 0.3) is 0 Å². The maximum atomic E-state index is 13.2. The van der Waals surface area contributed by atoms with Gasteiger partial charge in [-0.25, -0.2) is 0 Å². The fourth-order valence-corrected chi connectivity index (χ4v) is 3.84. The maximum absolute atomic E-state index is 13.2. The molecular weight excluding hydrogens is 332 g/mol. The molecule has 0 aliphatic carbocycles. The second-order valence-corrected chi connectivity index (χ2v) is 6.74. The fraction of sp³-hybridized carbons (Fsp3) is 0.421. The summed E-state index contributed by atoms with van der Waals surface area (Å²) >= 11 is 0. The van der Waals surface area contributed by atoms with Gasteiger partial charge in [-0.2, -0.15) is 5.10 Å². The molecule has 0 radical (unpaired) electrons. The number of aromatic nitrogens is 2. The Bertz CT molecular complexity index is 832. The topological polar surface area (TPSA) is 78.5 Å². The van der Waals surface area contributed by atoms with Gasteiger partial charge in [0.25, 0.3) is 0 Å². The van der Waals surface area contributed by atoms with Gasteiger partial charge in [0.15, 0.2) is 0 Å². The highest BCUT2D eigenvalue weighted by Gasteiger charge is 2.36. The molecule has 3 heterocycles. The molecule has 2 aliphatic rings. The molecule has 4 rings (SSSR count). The summed E-state index contributed by atoms with van der Waals surface area (Å²) in [6.45, 7) is 1.08. The summed E-state index contributed by atoms with van der Waals surface area (Å²) in [5.74, 6) is 0.517. The molecule has 0 spiro atoms. The average Bonchev–Trinajstić information content (AvgIpc) is 3.16. The molecule has 1 N–H and O–H groups in total. The monoisotopic (exact) mass is 354 g/mol. The molecule has 2 aliphatic heterocycles. The number of aryl methyl sites for hydroxylation is 1. The number of aromatic amines is 1. The molecule has 1 fully saturated rings.